The molecule has 1 unspecified atom stereocenters. The van der Waals surface area contributed by atoms with Crippen molar-refractivity contribution >= 4 is 12.0 Å². The average Bonchev–Trinajstić information content (AvgIpc) is 2.03. The maximum Gasteiger partial charge on any atom is 0.234 e. The minimum atomic E-state index is -1.18. The molecule has 0 aliphatic heterocycles. The summed E-state index contributed by atoms with van der Waals surface area (Å²) in [5.41, 5.74) is 6.41. The molecular formula is C8H8NO2. The molecule has 1 radical (unpaired) electrons. The number of anilines is 1. The van der Waals surface area contributed by atoms with Crippen molar-refractivity contribution in [2.45, 2.75) is 6.10 Å². The summed E-state index contributed by atoms with van der Waals surface area (Å²) >= 11 is 0. The highest BCUT2D eigenvalue weighted by Gasteiger charge is 2.05. The van der Waals surface area contributed by atoms with E-state index in [9.17, 15) is 4.79 Å². The maximum atomic E-state index is 10.0. The fourth-order valence-corrected chi connectivity index (χ4v) is 0.797. The summed E-state index contributed by atoms with van der Waals surface area (Å²) in [4.78, 5) is 10.0. The minimum Gasteiger partial charge on any atom is -0.399 e. The molecule has 1 aromatic rings. The topological polar surface area (TPSA) is 63.3 Å². The van der Waals surface area contributed by atoms with Gasteiger partial charge in [-0.15, -0.1) is 0 Å². The first kappa shape index (κ1) is 7.75. The predicted octanol–water partition coefficient (Wildman–Crippen LogP) is 0.412. The standard InChI is InChI=1S/C8H8NO2/c9-7-3-1-2-6(4-7)8(11)5-10/h1-4,8,11H,9H2. The SMILES string of the molecule is Nc1cccc(C(O)[C]=O)c1. The van der Waals surface area contributed by atoms with E-state index in [-0.39, 0.29) is 0 Å². The molecule has 0 saturated carbocycles. The molecule has 11 heavy (non-hydrogen) atoms. The van der Waals surface area contributed by atoms with Gasteiger partial charge in [-0.1, -0.05) is 12.1 Å². The summed E-state index contributed by atoms with van der Waals surface area (Å²) in [5, 5.41) is 8.97. The summed E-state index contributed by atoms with van der Waals surface area (Å²) in [5.74, 6) is 0. The summed E-state index contributed by atoms with van der Waals surface area (Å²) in [6, 6.07) is 6.51. The highest BCUT2D eigenvalue weighted by Crippen LogP contribution is 2.13. The molecule has 57 valence electrons. The van der Waals surface area contributed by atoms with Crippen LogP contribution in [0.5, 0.6) is 0 Å². The van der Waals surface area contributed by atoms with Gasteiger partial charge in [0.05, 0.1) is 0 Å². The number of carbonyl (C=O) groups excluding carboxylic acids is 1. The van der Waals surface area contributed by atoms with Gasteiger partial charge in [-0.25, -0.2) is 0 Å². The number of rotatable bonds is 2. The van der Waals surface area contributed by atoms with Crippen LogP contribution in [0.1, 0.15) is 11.7 Å². The van der Waals surface area contributed by atoms with E-state index in [0.29, 0.717) is 11.3 Å². The molecule has 0 spiro atoms. The Labute approximate surface area is 64.5 Å². The molecule has 0 fully saturated rings. The van der Waals surface area contributed by atoms with Gasteiger partial charge in [0.15, 0.2) is 0 Å². The zero-order valence-electron chi connectivity index (χ0n) is 5.82. The molecule has 3 nitrogen and oxygen atoms in total. The molecule has 0 bridgehead atoms. The Morgan fingerprint density at radius 3 is 2.82 bits per heavy atom. The monoisotopic (exact) mass is 150 g/mol. The van der Waals surface area contributed by atoms with E-state index in [4.69, 9.17) is 10.8 Å². The van der Waals surface area contributed by atoms with Crippen LogP contribution in [0.15, 0.2) is 24.3 Å². The van der Waals surface area contributed by atoms with Gasteiger partial charge in [-0.3, -0.25) is 4.79 Å². The zero-order valence-corrected chi connectivity index (χ0v) is 5.82. The zero-order chi connectivity index (χ0) is 8.27. The summed E-state index contributed by atoms with van der Waals surface area (Å²) in [6.07, 6.45) is 0.276. The highest BCUT2D eigenvalue weighted by molar-refractivity contribution is 5.61. The molecule has 3 N–H and O–H groups in total. The third kappa shape index (κ3) is 1.78. The van der Waals surface area contributed by atoms with Crippen molar-refractivity contribution in [2.24, 2.45) is 0 Å². The minimum absolute atomic E-state index is 0.472. The second-order valence-electron chi connectivity index (χ2n) is 2.19. The molecule has 0 amide bonds. The number of benzene rings is 1. The average molecular weight is 150 g/mol. The molecule has 0 aliphatic carbocycles. The van der Waals surface area contributed by atoms with E-state index in [2.05, 4.69) is 0 Å². The van der Waals surface area contributed by atoms with Crippen molar-refractivity contribution in [3.63, 3.8) is 0 Å². The van der Waals surface area contributed by atoms with Gasteiger partial charge in [0.1, 0.15) is 6.10 Å². The molecular weight excluding hydrogens is 142 g/mol. The first-order valence-corrected chi connectivity index (χ1v) is 3.15. The molecule has 0 aliphatic rings. The lowest BCUT2D eigenvalue weighted by molar-refractivity contribution is 0.240. The Morgan fingerprint density at radius 2 is 2.27 bits per heavy atom. The van der Waals surface area contributed by atoms with Crippen LogP contribution in [-0.4, -0.2) is 11.4 Å². The van der Waals surface area contributed by atoms with E-state index < -0.39 is 6.10 Å². The Morgan fingerprint density at radius 1 is 1.55 bits per heavy atom. The largest absolute Gasteiger partial charge is 0.399 e. The Balaban J connectivity index is 2.95. The van der Waals surface area contributed by atoms with E-state index in [1.807, 2.05) is 0 Å². The van der Waals surface area contributed by atoms with Gasteiger partial charge in [-0.2, -0.15) is 0 Å². The number of nitrogens with two attached hydrogens (primary N) is 1. The number of nitrogen functional groups attached to an aromatic ring is 1. The summed E-state index contributed by atoms with van der Waals surface area (Å²) in [7, 11) is 0. The third-order valence-electron chi connectivity index (χ3n) is 1.34. The van der Waals surface area contributed by atoms with E-state index in [0.717, 1.165) is 0 Å². The first-order valence-electron chi connectivity index (χ1n) is 3.15. The smallest absolute Gasteiger partial charge is 0.234 e. The Bertz CT molecular complexity index is 260. The second kappa shape index (κ2) is 3.16. The van der Waals surface area contributed by atoms with Crippen LogP contribution >= 0.6 is 0 Å². The van der Waals surface area contributed by atoms with Crippen molar-refractivity contribution in [3.8, 4) is 0 Å². The number of aliphatic hydroxyl groups is 1. The summed E-state index contributed by atoms with van der Waals surface area (Å²) in [6.45, 7) is 0. The molecule has 3 heteroatoms. The van der Waals surface area contributed by atoms with Crippen LogP contribution in [0.25, 0.3) is 0 Å². The van der Waals surface area contributed by atoms with Crippen molar-refractivity contribution in [2.75, 3.05) is 5.73 Å². The van der Waals surface area contributed by atoms with Crippen molar-refractivity contribution in [1.29, 1.82) is 0 Å². The van der Waals surface area contributed by atoms with Crippen molar-refractivity contribution in [3.05, 3.63) is 29.8 Å². The van der Waals surface area contributed by atoms with Crippen LogP contribution in [0, 0.1) is 0 Å². The van der Waals surface area contributed by atoms with Crippen molar-refractivity contribution < 1.29 is 9.90 Å². The van der Waals surface area contributed by atoms with Gasteiger partial charge in [-0.05, 0) is 17.7 Å². The van der Waals surface area contributed by atoms with Crippen LogP contribution in [0.3, 0.4) is 0 Å². The molecule has 0 saturated heterocycles. The van der Waals surface area contributed by atoms with Crippen LogP contribution in [0.4, 0.5) is 5.69 Å². The van der Waals surface area contributed by atoms with Gasteiger partial charge in [0.25, 0.3) is 0 Å². The lowest BCUT2D eigenvalue weighted by atomic mass is 10.1. The van der Waals surface area contributed by atoms with Gasteiger partial charge < -0.3 is 10.8 Å². The lowest BCUT2D eigenvalue weighted by Crippen LogP contribution is -1.98. The second-order valence-corrected chi connectivity index (χ2v) is 2.19. The van der Waals surface area contributed by atoms with Crippen LogP contribution in [-0.2, 0) is 4.79 Å². The lowest BCUT2D eigenvalue weighted by Gasteiger charge is -2.01. The highest BCUT2D eigenvalue weighted by atomic mass is 16.3. The number of aliphatic hydroxyl groups excluding tert-OH is 1. The Kier molecular flexibility index (Phi) is 2.23. The normalized spacial score (nSPS) is 12.5. The Hall–Kier alpha value is -1.35. The summed E-state index contributed by atoms with van der Waals surface area (Å²) < 4.78 is 0. The van der Waals surface area contributed by atoms with Gasteiger partial charge in [0.2, 0.25) is 6.29 Å². The van der Waals surface area contributed by atoms with E-state index in [1.54, 1.807) is 18.2 Å². The quantitative estimate of drug-likeness (QED) is 0.600. The molecule has 0 heterocycles. The molecule has 1 atom stereocenters. The number of hydrogen-bond acceptors (Lipinski definition) is 3. The number of hydrogen-bond donors (Lipinski definition) is 2. The van der Waals surface area contributed by atoms with Gasteiger partial charge in [0, 0.05) is 5.69 Å². The van der Waals surface area contributed by atoms with Crippen LogP contribution in [0.2, 0.25) is 0 Å². The molecule has 1 rings (SSSR count). The van der Waals surface area contributed by atoms with E-state index in [1.165, 1.54) is 12.4 Å². The predicted molar refractivity (Wildman–Crippen MR) is 41.5 cm³/mol. The van der Waals surface area contributed by atoms with E-state index >= 15 is 0 Å². The van der Waals surface area contributed by atoms with Crippen LogP contribution < -0.4 is 5.73 Å². The third-order valence-corrected chi connectivity index (χ3v) is 1.34. The fourth-order valence-electron chi connectivity index (χ4n) is 0.797. The molecule has 0 aromatic heterocycles. The van der Waals surface area contributed by atoms with Gasteiger partial charge >= 0.3 is 0 Å². The van der Waals surface area contributed by atoms with Crippen molar-refractivity contribution in [1.82, 2.24) is 0 Å². The maximum absolute atomic E-state index is 10.0. The fraction of sp³-hybridized carbons (Fsp3) is 0.125. The first-order chi connectivity index (χ1) is 5.24. The molecule has 1 aromatic carbocycles.